The summed E-state index contributed by atoms with van der Waals surface area (Å²) in [5.74, 6) is 1.04. The minimum Gasteiger partial charge on any atom is -0.325 e. The normalized spacial score (nSPS) is 26.2. The molecule has 1 aliphatic heterocycles. The maximum Gasteiger partial charge on any atom is 0.244 e. The summed E-state index contributed by atoms with van der Waals surface area (Å²) in [6, 6.07) is 0. The highest BCUT2D eigenvalue weighted by Crippen LogP contribution is 2.43. The van der Waals surface area contributed by atoms with Gasteiger partial charge in [0.1, 0.15) is 0 Å². The third kappa shape index (κ3) is 2.35. The van der Waals surface area contributed by atoms with Crippen molar-refractivity contribution in [1.29, 1.82) is 0 Å². The molecule has 2 aliphatic rings. The van der Waals surface area contributed by atoms with Gasteiger partial charge in [-0.05, 0) is 25.2 Å². The van der Waals surface area contributed by atoms with E-state index in [0.717, 1.165) is 32.2 Å². The average molecular weight is 238 g/mol. The first-order chi connectivity index (χ1) is 8.16. The predicted molar refractivity (Wildman–Crippen MR) is 69.6 cm³/mol. The van der Waals surface area contributed by atoms with Crippen LogP contribution in [0.3, 0.4) is 0 Å². The number of nitrogens with zero attached hydrogens (tertiary/aromatic N) is 1. The molecule has 1 aliphatic carbocycles. The largest absolute Gasteiger partial charge is 0.325 e. The van der Waals surface area contributed by atoms with Crippen LogP contribution in [0.25, 0.3) is 0 Å². The number of carbonyl (C=O) groups is 1. The monoisotopic (exact) mass is 238 g/mol. The van der Waals surface area contributed by atoms with Gasteiger partial charge < -0.3 is 4.90 Å². The number of carbonyl (C=O) groups excluding carboxylic acids is 1. The maximum atomic E-state index is 12.4. The van der Waals surface area contributed by atoms with E-state index in [1.165, 1.54) is 12.8 Å². The second kappa shape index (κ2) is 4.97. The molecule has 1 amide bonds. The first-order valence-electron chi connectivity index (χ1n) is 7.25. The Bertz CT molecular complexity index is 282. The van der Waals surface area contributed by atoms with Gasteiger partial charge in [0.15, 0.2) is 0 Å². The minimum absolute atomic E-state index is 0.133. The van der Waals surface area contributed by atoms with Crippen LogP contribution in [0.5, 0.6) is 0 Å². The van der Waals surface area contributed by atoms with Crippen LogP contribution < -0.4 is 5.32 Å². The molecule has 0 aromatic heterocycles. The summed E-state index contributed by atoms with van der Waals surface area (Å²) >= 11 is 0. The van der Waals surface area contributed by atoms with E-state index < -0.39 is 0 Å². The van der Waals surface area contributed by atoms with Crippen molar-refractivity contribution < 1.29 is 4.79 Å². The molecule has 3 heteroatoms. The number of hydrogen-bond donors (Lipinski definition) is 1. The Labute approximate surface area is 105 Å². The lowest BCUT2D eigenvalue weighted by Gasteiger charge is -2.27. The highest BCUT2D eigenvalue weighted by molar-refractivity contribution is 5.91. The van der Waals surface area contributed by atoms with Gasteiger partial charge in [0.25, 0.3) is 0 Å². The van der Waals surface area contributed by atoms with Gasteiger partial charge in [0.2, 0.25) is 5.91 Å². The summed E-state index contributed by atoms with van der Waals surface area (Å²) < 4.78 is 0. The van der Waals surface area contributed by atoms with Crippen LogP contribution in [0.15, 0.2) is 0 Å². The van der Waals surface area contributed by atoms with Crippen molar-refractivity contribution in [2.24, 2.45) is 5.92 Å². The van der Waals surface area contributed by atoms with Crippen molar-refractivity contribution >= 4 is 5.91 Å². The van der Waals surface area contributed by atoms with Crippen LogP contribution in [0, 0.1) is 5.92 Å². The highest BCUT2D eigenvalue weighted by atomic mass is 16.2. The molecule has 0 radical (unpaired) electrons. The Morgan fingerprint density at radius 1 is 1.35 bits per heavy atom. The first kappa shape index (κ1) is 12.9. The lowest BCUT2D eigenvalue weighted by Crippen LogP contribution is -2.40. The zero-order chi connectivity index (χ0) is 12.5. The summed E-state index contributed by atoms with van der Waals surface area (Å²) in [6.07, 6.45) is 6.97. The van der Waals surface area contributed by atoms with Crippen molar-refractivity contribution in [3.8, 4) is 0 Å². The lowest BCUT2D eigenvalue weighted by atomic mass is 10.0. The molecular weight excluding hydrogens is 212 g/mol. The van der Waals surface area contributed by atoms with Crippen LogP contribution in [-0.4, -0.2) is 29.1 Å². The third-order valence-corrected chi connectivity index (χ3v) is 4.41. The summed E-state index contributed by atoms with van der Waals surface area (Å²) in [7, 11) is 0. The van der Waals surface area contributed by atoms with Crippen LogP contribution in [0.4, 0.5) is 0 Å². The molecule has 0 aromatic carbocycles. The van der Waals surface area contributed by atoms with Gasteiger partial charge >= 0.3 is 0 Å². The van der Waals surface area contributed by atoms with Gasteiger partial charge in [0.05, 0.1) is 11.7 Å². The molecule has 1 atom stereocenters. The fourth-order valence-corrected chi connectivity index (χ4v) is 2.89. The molecule has 2 fully saturated rings. The zero-order valence-electron chi connectivity index (χ0n) is 11.5. The number of nitrogens with one attached hydrogen (secondary N) is 1. The first-order valence-corrected chi connectivity index (χ1v) is 7.25. The molecule has 17 heavy (non-hydrogen) atoms. The third-order valence-electron chi connectivity index (χ3n) is 4.41. The predicted octanol–water partition coefficient (Wildman–Crippen LogP) is 2.51. The second-order valence-corrected chi connectivity index (χ2v) is 5.67. The van der Waals surface area contributed by atoms with E-state index >= 15 is 0 Å². The maximum absolute atomic E-state index is 12.4. The Balaban J connectivity index is 2.03. The van der Waals surface area contributed by atoms with E-state index in [-0.39, 0.29) is 5.54 Å². The van der Waals surface area contributed by atoms with E-state index in [0.29, 0.717) is 18.0 Å². The SMILES string of the molecule is CCCC1NC2(CC2)C(=O)N1CC(CC)CC. The number of amides is 1. The molecular formula is C14H26N2O. The van der Waals surface area contributed by atoms with Crippen LogP contribution >= 0.6 is 0 Å². The summed E-state index contributed by atoms with van der Waals surface area (Å²) in [5.41, 5.74) is -0.133. The van der Waals surface area contributed by atoms with Gasteiger partial charge in [-0.25, -0.2) is 0 Å². The second-order valence-electron chi connectivity index (χ2n) is 5.67. The van der Waals surface area contributed by atoms with Gasteiger partial charge in [-0.15, -0.1) is 0 Å². The van der Waals surface area contributed by atoms with E-state index in [2.05, 4.69) is 31.0 Å². The van der Waals surface area contributed by atoms with E-state index in [1.807, 2.05) is 0 Å². The Morgan fingerprint density at radius 2 is 2.00 bits per heavy atom. The van der Waals surface area contributed by atoms with Crippen LogP contribution in [0.1, 0.15) is 59.3 Å². The quantitative estimate of drug-likeness (QED) is 0.771. The molecule has 1 spiro atoms. The lowest BCUT2D eigenvalue weighted by molar-refractivity contribution is -0.131. The van der Waals surface area contributed by atoms with Crippen molar-refractivity contribution in [3.05, 3.63) is 0 Å². The molecule has 1 heterocycles. The van der Waals surface area contributed by atoms with Gasteiger partial charge in [0, 0.05) is 6.54 Å². The topological polar surface area (TPSA) is 32.3 Å². The molecule has 1 unspecified atom stereocenters. The van der Waals surface area contributed by atoms with Gasteiger partial charge in [-0.2, -0.15) is 0 Å². The molecule has 2 rings (SSSR count). The van der Waals surface area contributed by atoms with Crippen molar-refractivity contribution in [2.75, 3.05) is 6.54 Å². The fourth-order valence-electron chi connectivity index (χ4n) is 2.89. The van der Waals surface area contributed by atoms with Crippen molar-refractivity contribution in [1.82, 2.24) is 10.2 Å². The standard InChI is InChI=1S/C14H26N2O/c1-4-7-12-15-14(8-9-14)13(17)16(12)10-11(5-2)6-3/h11-12,15H,4-10H2,1-3H3. The zero-order valence-corrected chi connectivity index (χ0v) is 11.5. The molecule has 3 nitrogen and oxygen atoms in total. The van der Waals surface area contributed by atoms with Crippen LogP contribution in [0.2, 0.25) is 0 Å². The molecule has 1 N–H and O–H groups in total. The molecule has 1 saturated heterocycles. The molecule has 0 aromatic rings. The number of rotatable bonds is 6. The van der Waals surface area contributed by atoms with E-state index in [9.17, 15) is 4.79 Å². The summed E-state index contributed by atoms with van der Waals surface area (Å²) in [4.78, 5) is 14.5. The molecule has 98 valence electrons. The Hall–Kier alpha value is -0.570. The van der Waals surface area contributed by atoms with Gasteiger partial charge in [-0.1, -0.05) is 40.0 Å². The van der Waals surface area contributed by atoms with Crippen molar-refractivity contribution in [3.63, 3.8) is 0 Å². The van der Waals surface area contributed by atoms with Gasteiger partial charge in [-0.3, -0.25) is 10.1 Å². The average Bonchev–Trinajstić information content (AvgIpc) is 3.06. The minimum atomic E-state index is -0.133. The van der Waals surface area contributed by atoms with Crippen molar-refractivity contribution in [2.45, 2.75) is 71.0 Å². The molecule has 1 saturated carbocycles. The Morgan fingerprint density at radius 3 is 2.47 bits per heavy atom. The van der Waals surface area contributed by atoms with E-state index in [1.54, 1.807) is 0 Å². The highest BCUT2D eigenvalue weighted by Gasteiger charge is 2.58. The van der Waals surface area contributed by atoms with E-state index in [4.69, 9.17) is 0 Å². The smallest absolute Gasteiger partial charge is 0.244 e. The fraction of sp³-hybridized carbons (Fsp3) is 0.929. The molecule has 0 bridgehead atoms. The number of hydrogen-bond acceptors (Lipinski definition) is 2. The Kier molecular flexibility index (Phi) is 3.76. The van der Waals surface area contributed by atoms with Crippen LogP contribution in [-0.2, 0) is 4.79 Å². The summed E-state index contributed by atoms with van der Waals surface area (Å²) in [5, 5.41) is 3.57. The summed E-state index contributed by atoms with van der Waals surface area (Å²) in [6.45, 7) is 7.60.